The zero-order valence-electron chi connectivity index (χ0n) is 25.1. The van der Waals surface area contributed by atoms with Crippen molar-refractivity contribution in [2.45, 2.75) is 71.9 Å². The number of esters is 1. The first-order chi connectivity index (χ1) is 19.6. The monoisotopic (exact) mass is 596 g/mol. The smallest absolute Gasteiger partial charge is 0.311 e. The maximum absolute atomic E-state index is 12.3. The minimum atomic E-state index is -0.963. The number of amides is 4. The molecule has 1 rings (SSSR count). The number of carbonyl (C=O) groups excluding carboxylic acids is 5. The number of benzene rings is 1. The van der Waals surface area contributed by atoms with Crippen molar-refractivity contribution in [3.8, 4) is 5.75 Å². The topological polar surface area (TPSA) is 252 Å². The van der Waals surface area contributed by atoms with Crippen LogP contribution >= 0.6 is 0 Å². The summed E-state index contributed by atoms with van der Waals surface area (Å²) in [5.74, 6) is -1.61. The molecule has 0 aliphatic heterocycles. The number of nitrogens with two attached hydrogens (primary N) is 4. The van der Waals surface area contributed by atoms with Gasteiger partial charge in [-0.1, -0.05) is 12.1 Å². The molecule has 2 unspecified atom stereocenters. The fraction of sp³-hybridized carbons (Fsp3) is 0.607. The van der Waals surface area contributed by atoms with Gasteiger partial charge in [-0.2, -0.15) is 0 Å². The van der Waals surface area contributed by atoms with Crippen molar-refractivity contribution in [2.75, 3.05) is 32.9 Å². The van der Waals surface area contributed by atoms with Crippen LogP contribution in [-0.4, -0.2) is 79.7 Å². The molecule has 14 heteroatoms. The SMILES string of the molecule is Cc1ccc(C)c(OCCCC(C)(C)C(=O)OCCCNC(=O)C(N)CC(N)=O)c1.NC(=O)CC(N)C(=O)NCCO. The van der Waals surface area contributed by atoms with Crippen LogP contribution < -0.4 is 38.3 Å². The third-order valence-electron chi connectivity index (χ3n) is 5.88. The van der Waals surface area contributed by atoms with E-state index in [1.54, 1.807) is 0 Å². The molecule has 0 spiro atoms. The number of hydrogen-bond acceptors (Lipinski definition) is 10. The number of hydrogen-bond donors (Lipinski definition) is 7. The van der Waals surface area contributed by atoms with E-state index in [1.165, 1.54) is 0 Å². The van der Waals surface area contributed by atoms with Crippen molar-refractivity contribution < 1.29 is 38.6 Å². The van der Waals surface area contributed by atoms with Crippen LogP contribution in [0.25, 0.3) is 0 Å². The highest BCUT2D eigenvalue weighted by Gasteiger charge is 2.28. The summed E-state index contributed by atoms with van der Waals surface area (Å²) in [6, 6.07) is 4.19. The van der Waals surface area contributed by atoms with Gasteiger partial charge >= 0.3 is 5.97 Å². The molecule has 0 aliphatic carbocycles. The van der Waals surface area contributed by atoms with E-state index >= 15 is 0 Å². The van der Waals surface area contributed by atoms with Gasteiger partial charge < -0.3 is 48.1 Å². The van der Waals surface area contributed by atoms with Crippen LogP contribution in [0.1, 0.15) is 57.1 Å². The summed E-state index contributed by atoms with van der Waals surface area (Å²) in [6.45, 7) is 8.69. The molecule has 0 saturated heterocycles. The lowest BCUT2D eigenvalue weighted by Gasteiger charge is -2.22. The van der Waals surface area contributed by atoms with Gasteiger partial charge in [0.15, 0.2) is 0 Å². The summed E-state index contributed by atoms with van der Waals surface area (Å²) in [4.78, 5) is 55.9. The number of aliphatic hydroxyl groups is 1. The largest absolute Gasteiger partial charge is 0.493 e. The predicted molar refractivity (Wildman–Crippen MR) is 157 cm³/mol. The van der Waals surface area contributed by atoms with Crippen LogP contribution in [-0.2, 0) is 28.7 Å². The predicted octanol–water partition coefficient (Wildman–Crippen LogP) is -0.962. The maximum atomic E-state index is 12.3. The van der Waals surface area contributed by atoms with Crippen LogP contribution in [0.3, 0.4) is 0 Å². The van der Waals surface area contributed by atoms with E-state index in [4.69, 9.17) is 37.5 Å². The van der Waals surface area contributed by atoms with Gasteiger partial charge in [-0.3, -0.25) is 24.0 Å². The van der Waals surface area contributed by atoms with E-state index in [0.29, 0.717) is 26.0 Å². The highest BCUT2D eigenvalue weighted by Crippen LogP contribution is 2.25. The Morgan fingerprint density at radius 2 is 1.43 bits per heavy atom. The molecule has 2 atom stereocenters. The fourth-order valence-electron chi connectivity index (χ4n) is 3.37. The summed E-state index contributed by atoms with van der Waals surface area (Å²) in [5, 5.41) is 13.2. The number of nitrogens with one attached hydrogen (secondary N) is 2. The second kappa shape index (κ2) is 20.2. The molecule has 0 heterocycles. The molecule has 11 N–H and O–H groups in total. The van der Waals surface area contributed by atoms with Gasteiger partial charge in [-0.15, -0.1) is 0 Å². The highest BCUT2D eigenvalue weighted by molar-refractivity contribution is 5.88. The number of aryl methyl sites for hydroxylation is 2. The Hall–Kier alpha value is -3.75. The molecular formula is C28H48N6O8. The minimum Gasteiger partial charge on any atom is -0.493 e. The number of rotatable bonds is 18. The molecule has 0 bridgehead atoms. The van der Waals surface area contributed by atoms with Gasteiger partial charge in [-0.05, 0) is 64.2 Å². The van der Waals surface area contributed by atoms with Gasteiger partial charge in [0.1, 0.15) is 5.75 Å². The lowest BCUT2D eigenvalue weighted by Crippen LogP contribution is -2.43. The Morgan fingerprint density at radius 3 is 1.95 bits per heavy atom. The number of ether oxygens (including phenoxy) is 2. The molecule has 42 heavy (non-hydrogen) atoms. The highest BCUT2D eigenvalue weighted by atomic mass is 16.5. The third-order valence-corrected chi connectivity index (χ3v) is 5.88. The molecule has 4 amide bonds. The summed E-state index contributed by atoms with van der Waals surface area (Å²) in [6.07, 6.45) is 1.42. The van der Waals surface area contributed by atoms with Crippen LogP contribution in [0, 0.1) is 19.3 Å². The number of carbonyl (C=O) groups is 5. The first-order valence-corrected chi connectivity index (χ1v) is 13.7. The Kier molecular flexibility index (Phi) is 18.4. The second-order valence-corrected chi connectivity index (χ2v) is 10.5. The van der Waals surface area contributed by atoms with Crippen molar-refractivity contribution in [3.05, 3.63) is 29.3 Å². The maximum Gasteiger partial charge on any atom is 0.311 e. The van der Waals surface area contributed by atoms with E-state index in [0.717, 1.165) is 23.3 Å². The normalized spacial score (nSPS) is 12.2. The fourth-order valence-corrected chi connectivity index (χ4v) is 3.37. The molecule has 1 aromatic carbocycles. The van der Waals surface area contributed by atoms with Crippen molar-refractivity contribution >= 4 is 29.6 Å². The molecule has 0 fully saturated rings. The summed E-state index contributed by atoms with van der Waals surface area (Å²) >= 11 is 0. The molecule has 0 saturated carbocycles. The van der Waals surface area contributed by atoms with Crippen molar-refractivity contribution in [1.29, 1.82) is 0 Å². The lowest BCUT2D eigenvalue weighted by atomic mass is 9.88. The molecule has 0 aliphatic rings. The zero-order valence-corrected chi connectivity index (χ0v) is 25.1. The minimum absolute atomic E-state index is 0.130. The average molecular weight is 597 g/mol. The molecule has 1 aromatic rings. The van der Waals surface area contributed by atoms with Crippen LogP contribution in [0.4, 0.5) is 0 Å². The molecule has 0 radical (unpaired) electrons. The number of aliphatic hydroxyl groups excluding tert-OH is 1. The number of primary amides is 2. The Morgan fingerprint density at radius 1 is 0.881 bits per heavy atom. The van der Waals surface area contributed by atoms with E-state index in [-0.39, 0.29) is 38.6 Å². The van der Waals surface area contributed by atoms with E-state index < -0.39 is 41.1 Å². The molecule has 0 aromatic heterocycles. The van der Waals surface area contributed by atoms with E-state index in [2.05, 4.69) is 10.6 Å². The van der Waals surface area contributed by atoms with Gasteiger partial charge in [0.05, 0.1) is 50.2 Å². The summed E-state index contributed by atoms with van der Waals surface area (Å²) < 4.78 is 11.2. The van der Waals surface area contributed by atoms with Crippen molar-refractivity contribution in [2.24, 2.45) is 28.3 Å². The second-order valence-electron chi connectivity index (χ2n) is 10.5. The van der Waals surface area contributed by atoms with Crippen molar-refractivity contribution in [1.82, 2.24) is 10.6 Å². The van der Waals surface area contributed by atoms with Gasteiger partial charge in [0.2, 0.25) is 23.6 Å². The lowest BCUT2D eigenvalue weighted by molar-refractivity contribution is -0.154. The zero-order chi connectivity index (χ0) is 32.3. The molecular weight excluding hydrogens is 548 g/mol. The van der Waals surface area contributed by atoms with Gasteiger partial charge in [0, 0.05) is 13.1 Å². The molecule has 14 nitrogen and oxygen atoms in total. The average Bonchev–Trinajstić information content (AvgIpc) is 2.90. The van der Waals surface area contributed by atoms with Crippen LogP contribution in [0.15, 0.2) is 18.2 Å². The standard InChI is InChI=1S/C22H35N3O5.C6H13N3O3/c1-15-7-8-16(2)18(13-15)29-11-5-9-22(3,4)21(28)30-12-6-10-25-20(27)17(23)14-19(24)26;7-4(3-5(8)11)6(12)9-1-2-10/h7-8,13,17H,5-6,9-12,14,23H2,1-4H3,(H2,24,26)(H,25,27);4,10H,1-3,7H2,(H2,8,11)(H,9,12). The Bertz CT molecular complexity index is 1030. The third kappa shape index (κ3) is 17.1. The Labute approximate surface area is 247 Å². The van der Waals surface area contributed by atoms with E-state index in [1.807, 2.05) is 45.9 Å². The van der Waals surface area contributed by atoms with Crippen LogP contribution in [0.5, 0.6) is 5.75 Å². The van der Waals surface area contributed by atoms with Crippen LogP contribution in [0.2, 0.25) is 0 Å². The first kappa shape index (κ1) is 38.2. The van der Waals surface area contributed by atoms with Crippen molar-refractivity contribution in [3.63, 3.8) is 0 Å². The van der Waals surface area contributed by atoms with Gasteiger partial charge in [-0.25, -0.2) is 0 Å². The van der Waals surface area contributed by atoms with Gasteiger partial charge in [0.25, 0.3) is 0 Å². The molecule has 238 valence electrons. The van der Waals surface area contributed by atoms with E-state index in [9.17, 15) is 24.0 Å². The summed E-state index contributed by atoms with van der Waals surface area (Å²) in [7, 11) is 0. The first-order valence-electron chi connectivity index (χ1n) is 13.7. The summed E-state index contributed by atoms with van der Waals surface area (Å²) in [5.41, 5.74) is 22.2. The quantitative estimate of drug-likeness (QED) is 0.0807. The Balaban J connectivity index is 0.00000118.